The summed E-state index contributed by atoms with van der Waals surface area (Å²) in [7, 11) is 3.78. The number of likely N-dealkylation sites (N-methyl/N-ethyl adjacent to an activating group) is 1. The van der Waals surface area contributed by atoms with Crippen LogP contribution in [0.2, 0.25) is 0 Å². The van der Waals surface area contributed by atoms with E-state index in [1.54, 1.807) is 6.07 Å². The molecule has 2 N–H and O–H groups in total. The second-order valence-electron chi connectivity index (χ2n) is 6.09. The minimum absolute atomic E-state index is 0.122. The average molecular weight is 349 g/mol. The van der Waals surface area contributed by atoms with Crippen LogP contribution in [0.3, 0.4) is 0 Å². The summed E-state index contributed by atoms with van der Waals surface area (Å²) in [6.45, 7) is 0.358. The van der Waals surface area contributed by atoms with Crippen LogP contribution in [-0.2, 0) is 0 Å². The number of rotatable bonds is 6. The summed E-state index contributed by atoms with van der Waals surface area (Å²) in [6.07, 6.45) is 2.30. The van der Waals surface area contributed by atoms with Crippen molar-refractivity contribution >= 4 is 22.5 Å². The number of hydrogen-bond donors (Lipinski definition) is 2. The van der Waals surface area contributed by atoms with E-state index in [4.69, 9.17) is 0 Å². The maximum atomic E-state index is 13.4. The molecular weight excluding hydrogens is 329 g/mol. The second kappa shape index (κ2) is 7.23. The van der Waals surface area contributed by atoms with Gasteiger partial charge in [0, 0.05) is 12.5 Å². The Morgan fingerprint density at radius 2 is 2.21 bits per heavy atom. The smallest absolute Gasteiger partial charge is 0.321 e. The van der Waals surface area contributed by atoms with Gasteiger partial charge in [0.25, 0.3) is 0 Å². The molecule has 2 amide bonds. The van der Waals surface area contributed by atoms with E-state index < -0.39 is 0 Å². The molecule has 1 saturated carbocycles. The molecule has 0 radical (unpaired) electrons. The third kappa shape index (κ3) is 4.27. The van der Waals surface area contributed by atoms with E-state index in [1.165, 1.54) is 23.5 Å². The first-order valence-corrected chi connectivity index (χ1v) is 8.64. The molecule has 1 fully saturated rings. The predicted molar refractivity (Wildman–Crippen MR) is 91.7 cm³/mol. The van der Waals surface area contributed by atoms with Crippen LogP contribution in [0.4, 0.5) is 14.3 Å². The van der Waals surface area contributed by atoms with Crippen molar-refractivity contribution in [1.29, 1.82) is 0 Å². The molecule has 6 nitrogen and oxygen atoms in total. The van der Waals surface area contributed by atoms with E-state index in [0.29, 0.717) is 17.6 Å². The summed E-state index contributed by atoms with van der Waals surface area (Å²) in [5.74, 6) is 0.234. The van der Waals surface area contributed by atoms with Gasteiger partial charge in [-0.25, -0.2) is 9.18 Å². The summed E-state index contributed by atoms with van der Waals surface area (Å²) in [5.41, 5.74) is 0.812. The van der Waals surface area contributed by atoms with Gasteiger partial charge in [-0.1, -0.05) is 23.5 Å². The standard InChI is InChI=1S/C16H20FN5OS/c1-22(2)13(11-4-3-5-12(17)8-11)9-18-15(23)19-16-21-20-14(24-16)10-6-7-10/h3-5,8,10,13H,6-7,9H2,1-2H3,(H2,18,19,21,23). The Morgan fingerprint density at radius 3 is 2.88 bits per heavy atom. The van der Waals surface area contributed by atoms with Crippen LogP contribution in [0.1, 0.15) is 35.4 Å². The Hall–Kier alpha value is -2.06. The minimum atomic E-state index is -0.336. The number of carbonyl (C=O) groups excluding carboxylic acids is 1. The monoisotopic (exact) mass is 349 g/mol. The summed E-state index contributed by atoms with van der Waals surface area (Å²) in [6, 6.07) is 5.95. The van der Waals surface area contributed by atoms with Crippen molar-refractivity contribution in [3.8, 4) is 0 Å². The topological polar surface area (TPSA) is 70.2 Å². The number of carbonyl (C=O) groups is 1. The van der Waals surface area contributed by atoms with Gasteiger partial charge in [0.15, 0.2) is 0 Å². The first-order chi connectivity index (χ1) is 11.5. The van der Waals surface area contributed by atoms with Crippen molar-refractivity contribution in [3.63, 3.8) is 0 Å². The van der Waals surface area contributed by atoms with Crippen molar-refractivity contribution < 1.29 is 9.18 Å². The van der Waals surface area contributed by atoms with Gasteiger partial charge in [0.05, 0.1) is 6.04 Å². The maximum Gasteiger partial charge on any atom is 0.321 e. The highest BCUT2D eigenvalue weighted by atomic mass is 32.1. The van der Waals surface area contributed by atoms with Crippen LogP contribution in [0.5, 0.6) is 0 Å². The quantitative estimate of drug-likeness (QED) is 0.841. The molecule has 0 saturated heterocycles. The Balaban J connectivity index is 1.56. The van der Waals surface area contributed by atoms with Gasteiger partial charge < -0.3 is 10.2 Å². The van der Waals surface area contributed by atoms with E-state index >= 15 is 0 Å². The third-order valence-electron chi connectivity index (χ3n) is 3.90. The zero-order valence-corrected chi connectivity index (χ0v) is 14.4. The van der Waals surface area contributed by atoms with Crippen LogP contribution in [-0.4, -0.2) is 41.8 Å². The van der Waals surface area contributed by atoms with Gasteiger partial charge >= 0.3 is 6.03 Å². The molecule has 128 valence electrons. The van der Waals surface area contributed by atoms with Crippen molar-refractivity contribution in [1.82, 2.24) is 20.4 Å². The molecule has 24 heavy (non-hydrogen) atoms. The molecule has 1 aromatic heterocycles. The Kier molecular flexibility index (Phi) is 5.06. The van der Waals surface area contributed by atoms with Crippen LogP contribution in [0, 0.1) is 5.82 Å². The molecule has 1 aromatic carbocycles. The lowest BCUT2D eigenvalue weighted by Gasteiger charge is -2.25. The fraction of sp³-hybridized carbons (Fsp3) is 0.438. The molecule has 8 heteroatoms. The highest BCUT2D eigenvalue weighted by Crippen LogP contribution is 2.41. The fourth-order valence-electron chi connectivity index (χ4n) is 2.42. The van der Waals surface area contributed by atoms with Crippen molar-refractivity contribution in [2.45, 2.75) is 24.8 Å². The zero-order chi connectivity index (χ0) is 17.1. The van der Waals surface area contributed by atoms with Crippen molar-refractivity contribution in [2.75, 3.05) is 26.0 Å². The molecule has 0 aliphatic heterocycles. The van der Waals surface area contributed by atoms with Crippen LogP contribution >= 0.6 is 11.3 Å². The van der Waals surface area contributed by atoms with Gasteiger partial charge in [-0.15, -0.1) is 10.2 Å². The number of nitrogens with one attached hydrogen (secondary N) is 2. The normalized spacial score (nSPS) is 15.3. The van der Waals surface area contributed by atoms with Gasteiger partial charge in [-0.3, -0.25) is 5.32 Å². The average Bonchev–Trinajstić information content (AvgIpc) is 3.28. The Bertz CT molecular complexity index is 716. The fourth-order valence-corrected chi connectivity index (χ4v) is 3.33. The van der Waals surface area contributed by atoms with Gasteiger partial charge in [-0.05, 0) is 44.6 Å². The van der Waals surface area contributed by atoms with Gasteiger partial charge in [0.2, 0.25) is 5.13 Å². The molecule has 1 aliphatic rings. The summed E-state index contributed by atoms with van der Waals surface area (Å²) in [4.78, 5) is 14.0. The van der Waals surface area contributed by atoms with Crippen molar-refractivity contribution in [2.24, 2.45) is 0 Å². The van der Waals surface area contributed by atoms with E-state index in [9.17, 15) is 9.18 Å². The lowest BCUT2D eigenvalue weighted by atomic mass is 10.1. The first-order valence-electron chi connectivity index (χ1n) is 7.83. The number of halogens is 1. The summed E-state index contributed by atoms with van der Waals surface area (Å²) in [5, 5.41) is 15.1. The van der Waals surface area contributed by atoms with Crippen LogP contribution < -0.4 is 10.6 Å². The molecule has 3 rings (SSSR count). The van der Waals surface area contributed by atoms with Crippen LogP contribution in [0.25, 0.3) is 0 Å². The Morgan fingerprint density at radius 1 is 1.42 bits per heavy atom. The number of benzene rings is 1. The number of hydrogen-bond acceptors (Lipinski definition) is 5. The lowest BCUT2D eigenvalue weighted by molar-refractivity contribution is 0.243. The largest absolute Gasteiger partial charge is 0.336 e. The van der Waals surface area contributed by atoms with Gasteiger partial charge in [-0.2, -0.15) is 0 Å². The number of amides is 2. The second-order valence-corrected chi connectivity index (χ2v) is 7.10. The molecule has 1 heterocycles. The highest BCUT2D eigenvalue weighted by molar-refractivity contribution is 7.15. The van der Waals surface area contributed by atoms with E-state index in [-0.39, 0.29) is 17.9 Å². The predicted octanol–water partition coefficient (Wildman–Crippen LogP) is 2.98. The highest BCUT2D eigenvalue weighted by Gasteiger charge is 2.27. The van der Waals surface area contributed by atoms with Crippen molar-refractivity contribution in [3.05, 3.63) is 40.7 Å². The lowest BCUT2D eigenvalue weighted by Crippen LogP contribution is -2.36. The molecule has 2 aromatic rings. The number of nitrogens with zero attached hydrogens (tertiary/aromatic N) is 3. The van der Waals surface area contributed by atoms with E-state index in [0.717, 1.165) is 23.4 Å². The number of anilines is 1. The van der Waals surface area contributed by atoms with Crippen LogP contribution in [0.15, 0.2) is 24.3 Å². The Labute approximate surface area is 144 Å². The van der Waals surface area contributed by atoms with E-state index in [2.05, 4.69) is 20.8 Å². The maximum absolute atomic E-state index is 13.4. The summed E-state index contributed by atoms with van der Waals surface area (Å²) < 4.78 is 13.4. The first kappa shape index (κ1) is 16.8. The molecule has 1 unspecified atom stereocenters. The number of aromatic nitrogens is 2. The molecule has 1 aliphatic carbocycles. The third-order valence-corrected chi connectivity index (χ3v) is 4.90. The molecular formula is C16H20FN5OS. The zero-order valence-electron chi connectivity index (χ0n) is 13.6. The number of urea groups is 1. The molecule has 1 atom stereocenters. The van der Waals surface area contributed by atoms with Gasteiger partial charge in [0.1, 0.15) is 10.8 Å². The summed E-state index contributed by atoms with van der Waals surface area (Å²) >= 11 is 1.42. The minimum Gasteiger partial charge on any atom is -0.336 e. The van der Waals surface area contributed by atoms with E-state index in [1.807, 2.05) is 25.1 Å². The SMILES string of the molecule is CN(C)C(CNC(=O)Nc1nnc(C2CC2)s1)c1cccc(F)c1. The molecule has 0 spiro atoms. The molecule has 0 bridgehead atoms.